The van der Waals surface area contributed by atoms with E-state index in [1.165, 1.54) is 4.90 Å². The standard InChI is InChI=1S/C14H17NO4S/c1-2-19-11-5-3-10(4-6-11)13(16)15-7-8-20-9-12(15)14(17)18/h3-6,12H,2,7-9H2,1H3,(H,17,18). The molecule has 108 valence electrons. The van der Waals surface area contributed by atoms with Gasteiger partial charge >= 0.3 is 5.97 Å². The molecule has 1 aliphatic rings. The molecule has 20 heavy (non-hydrogen) atoms. The number of amides is 1. The second-order valence-corrected chi connectivity index (χ2v) is 5.53. The predicted octanol–water partition coefficient (Wildman–Crippen LogP) is 1.73. The largest absolute Gasteiger partial charge is 0.494 e. The molecule has 1 amide bonds. The summed E-state index contributed by atoms with van der Waals surface area (Å²) < 4.78 is 5.32. The predicted molar refractivity (Wildman–Crippen MR) is 77.4 cm³/mol. The van der Waals surface area contributed by atoms with Crippen molar-refractivity contribution in [3.8, 4) is 5.75 Å². The number of thioether (sulfide) groups is 1. The molecule has 1 aromatic rings. The molecule has 1 heterocycles. The zero-order chi connectivity index (χ0) is 14.5. The summed E-state index contributed by atoms with van der Waals surface area (Å²) in [6, 6.07) is 6.06. The number of carboxylic acids is 1. The van der Waals surface area contributed by atoms with Crippen molar-refractivity contribution in [3.63, 3.8) is 0 Å². The number of rotatable bonds is 4. The second kappa shape index (κ2) is 6.65. The van der Waals surface area contributed by atoms with Crippen LogP contribution in [-0.2, 0) is 4.79 Å². The van der Waals surface area contributed by atoms with Gasteiger partial charge in [-0.3, -0.25) is 4.79 Å². The van der Waals surface area contributed by atoms with Crippen LogP contribution in [0.1, 0.15) is 17.3 Å². The summed E-state index contributed by atoms with van der Waals surface area (Å²) in [5.41, 5.74) is 0.492. The van der Waals surface area contributed by atoms with Crippen molar-refractivity contribution < 1.29 is 19.4 Å². The lowest BCUT2D eigenvalue weighted by atomic mass is 10.1. The first-order valence-corrected chi connectivity index (χ1v) is 7.63. The summed E-state index contributed by atoms with van der Waals surface area (Å²) in [5.74, 6) is 0.732. The van der Waals surface area contributed by atoms with Crippen LogP contribution < -0.4 is 4.74 Å². The number of ether oxygens (including phenoxy) is 1. The number of nitrogens with zero attached hydrogens (tertiary/aromatic N) is 1. The van der Waals surface area contributed by atoms with Crippen molar-refractivity contribution >= 4 is 23.6 Å². The summed E-state index contributed by atoms with van der Waals surface area (Å²) in [6.07, 6.45) is 0. The Labute approximate surface area is 121 Å². The van der Waals surface area contributed by atoms with Gasteiger partial charge in [-0.1, -0.05) is 0 Å². The van der Waals surface area contributed by atoms with Crippen molar-refractivity contribution in [2.45, 2.75) is 13.0 Å². The fourth-order valence-corrected chi connectivity index (χ4v) is 3.12. The first kappa shape index (κ1) is 14.7. The van der Waals surface area contributed by atoms with Crippen LogP contribution in [0.15, 0.2) is 24.3 Å². The van der Waals surface area contributed by atoms with Gasteiger partial charge < -0.3 is 14.7 Å². The van der Waals surface area contributed by atoms with E-state index in [0.29, 0.717) is 30.2 Å². The molecule has 1 unspecified atom stereocenters. The van der Waals surface area contributed by atoms with Crippen LogP contribution in [0.3, 0.4) is 0 Å². The summed E-state index contributed by atoms with van der Waals surface area (Å²) in [5, 5.41) is 9.19. The summed E-state index contributed by atoms with van der Waals surface area (Å²) >= 11 is 1.56. The van der Waals surface area contributed by atoms with Gasteiger partial charge in [0.1, 0.15) is 11.8 Å². The monoisotopic (exact) mass is 295 g/mol. The molecule has 1 saturated heterocycles. The van der Waals surface area contributed by atoms with Crippen LogP contribution in [0.5, 0.6) is 5.75 Å². The smallest absolute Gasteiger partial charge is 0.327 e. The number of carbonyl (C=O) groups excluding carboxylic acids is 1. The molecule has 2 rings (SSSR count). The summed E-state index contributed by atoms with van der Waals surface area (Å²) in [6.45, 7) is 2.92. The van der Waals surface area contributed by atoms with Gasteiger partial charge in [-0.2, -0.15) is 11.8 Å². The summed E-state index contributed by atoms with van der Waals surface area (Å²) in [4.78, 5) is 25.0. The third-order valence-corrected chi connectivity index (χ3v) is 4.11. The van der Waals surface area contributed by atoms with E-state index in [-0.39, 0.29) is 5.91 Å². The highest BCUT2D eigenvalue weighted by molar-refractivity contribution is 7.99. The van der Waals surface area contributed by atoms with E-state index in [0.717, 1.165) is 5.75 Å². The molecule has 0 bridgehead atoms. The van der Waals surface area contributed by atoms with Gasteiger partial charge in [0.05, 0.1) is 6.61 Å². The van der Waals surface area contributed by atoms with Crippen LogP contribution in [0.2, 0.25) is 0 Å². The zero-order valence-corrected chi connectivity index (χ0v) is 12.1. The van der Waals surface area contributed by atoms with E-state index < -0.39 is 12.0 Å². The number of hydrogen-bond donors (Lipinski definition) is 1. The maximum absolute atomic E-state index is 12.4. The summed E-state index contributed by atoms with van der Waals surface area (Å²) in [7, 11) is 0. The van der Waals surface area contributed by atoms with E-state index in [9.17, 15) is 14.7 Å². The highest BCUT2D eigenvalue weighted by Crippen LogP contribution is 2.20. The van der Waals surface area contributed by atoms with Gasteiger partial charge in [-0.05, 0) is 31.2 Å². The fraction of sp³-hybridized carbons (Fsp3) is 0.429. The molecule has 1 atom stereocenters. The molecular formula is C14H17NO4S. The molecule has 1 N–H and O–H groups in total. The molecule has 5 nitrogen and oxygen atoms in total. The molecule has 0 aromatic heterocycles. The second-order valence-electron chi connectivity index (χ2n) is 4.38. The molecule has 1 aromatic carbocycles. The maximum Gasteiger partial charge on any atom is 0.327 e. The Hall–Kier alpha value is -1.69. The molecule has 0 aliphatic carbocycles. The maximum atomic E-state index is 12.4. The van der Waals surface area contributed by atoms with E-state index in [4.69, 9.17) is 4.74 Å². The average Bonchev–Trinajstić information content (AvgIpc) is 2.47. The minimum Gasteiger partial charge on any atom is -0.494 e. The molecule has 1 aliphatic heterocycles. The van der Waals surface area contributed by atoms with E-state index >= 15 is 0 Å². The Morgan fingerprint density at radius 2 is 2.10 bits per heavy atom. The quantitative estimate of drug-likeness (QED) is 0.916. The van der Waals surface area contributed by atoms with Gasteiger partial charge in [0.2, 0.25) is 0 Å². The highest BCUT2D eigenvalue weighted by atomic mass is 32.2. The third kappa shape index (κ3) is 3.25. The lowest BCUT2D eigenvalue weighted by Gasteiger charge is -2.32. The Kier molecular flexibility index (Phi) is 4.89. The van der Waals surface area contributed by atoms with Crippen LogP contribution in [0.25, 0.3) is 0 Å². The normalized spacial score (nSPS) is 18.6. The lowest BCUT2D eigenvalue weighted by Crippen LogP contribution is -2.50. The highest BCUT2D eigenvalue weighted by Gasteiger charge is 2.32. The minimum absolute atomic E-state index is 0.235. The van der Waals surface area contributed by atoms with Crippen LogP contribution >= 0.6 is 11.8 Å². The Morgan fingerprint density at radius 3 is 2.70 bits per heavy atom. The van der Waals surface area contributed by atoms with Crippen LogP contribution in [0, 0.1) is 0 Å². The van der Waals surface area contributed by atoms with Crippen LogP contribution in [-0.4, -0.2) is 52.6 Å². The van der Waals surface area contributed by atoms with Crippen molar-refractivity contribution in [1.29, 1.82) is 0 Å². The zero-order valence-electron chi connectivity index (χ0n) is 11.2. The molecular weight excluding hydrogens is 278 g/mol. The van der Waals surface area contributed by atoms with Crippen LogP contribution in [0.4, 0.5) is 0 Å². The van der Waals surface area contributed by atoms with Crippen molar-refractivity contribution in [2.75, 3.05) is 24.7 Å². The fourth-order valence-electron chi connectivity index (χ4n) is 2.08. The van der Waals surface area contributed by atoms with Gasteiger partial charge in [-0.15, -0.1) is 0 Å². The van der Waals surface area contributed by atoms with Gasteiger partial charge in [-0.25, -0.2) is 4.79 Å². The number of benzene rings is 1. The Morgan fingerprint density at radius 1 is 1.40 bits per heavy atom. The minimum atomic E-state index is -0.948. The molecule has 0 spiro atoms. The topological polar surface area (TPSA) is 66.8 Å². The van der Waals surface area contributed by atoms with E-state index in [1.807, 2.05) is 6.92 Å². The first-order chi connectivity index (χ1) is 9.63. The SMILES string of the molecule is CCOc1ccc(C(=O)N2CCSCC2C(=O)O)cc1. The lowest BCUT2D eigenvalue weighted by molar-refractivity contribution is -0.141. The number of carboxylic acid groups (broad SMARTS) is 1. The number of aliphatic carboxylic acids is 1. The first-order valence-electron chi connectivity index (χ1n) is 6.48. The Balaban J connectivity index is 2.14. The number of hydrogen-bond acceptors (Lipinski definition) is 4. The van der Waals surface area contributed by atoms with Crippen molar-refractivity contribution in [1.82, 2.24) is 4.90 Å². The van der Waals surface area contributed by atoms with Gasteiger partial charge in [0, 0.05) is 23.6 Å². The molecule has 6 heteroatoms. The van der Waals surface area contributed by atoms with Gasteiger partial charge in [0.15, 0.2) is 0 Å². The third-order valence-electron chi connectivity index (χ3n) is 3.09. The number of carbonyl (C=O) groups is 2. The van der Waals surface area contributed by atoms with Crippen molar-refractivity contribution in [3.05, 3.63) is 29.8 Å². The van der Waals surface area contributed by atoms with E-state index in [1.54, 1.807) is 36.0 Å². The molecule has 0 radical (unpaired) electrons. The average molecular weight is 295 g/mol. The van der Waals surface area contributed by atoms with Crippen molar-refractivity contribution in [2.24, 2.45) is 0 Å². The molecule has 0 saturated carbocycles. The van der Waals surface area contributed by atoms with Gasteiger partial charge in [0.25, 0.3) is 5.91 Å². The van der Waals surface area contributed by atoms with E-state index in [2.05, 4.69) is 0 Å². The Bertz CT molecular complexity index is 488. The molecule has 1 fully saturated rings.